The molecule has 8 nitrogen and oxygen atoms in total. The summed E-state index contributed by atoms with van der Waals surface area (Å²) in [6.45, 7) is 6.49. The number of aromatic carboxylic acids is 1. The molecule has 0 radical (unpaired) electrons. The number of allylic oxidation sites excluding steroid dienone is 1. The zero-order valence-corrected chi connectivity index (χ0v) is 21.9. The maximum atomic E-state index is 12.8. The third-order valence-electron chi connectivity index (χ3n) is 5.69. The van der Waals surface area contributed by atoms with Crippen LogP contribution in [0.5, 0.6) is 17.2 Å². The van der Waals surface area contributed by atoms with Gasteiger partial charge in [-0.15, -0.1) is 6.58 Å². The topological polar surface area (TPSA) is 118 Å². The molecule has 2 N–H and O–H groups in total. The van der Waals surface area contributed by atoms with E-state index in [4.69, 9.17) is 19.3 Å². The molecule has 3 aromatic carbocycles. The Morgan fingerprint density at radius 1 is 1.05 bits per heavy atom. The van der Waals surface area contributed by atoms with Crippen LogP contribution < -0.4 is 19.5 Å². The third kappa shape index (κ3) is 7.98. The minimum absolute atomic E-state index is 0.0531. The summed E-state index contributed by atoms with van der Waals surface area (Å²) in [6.07, 6.45) is 3.69. The number of carbonyl (C=O) groups excluding carboxylic acids is 1. The predicted molar refractivity (Wildman–Crippen MR) is 148 cm³/mol. The normalized spacial score (nSPS) is 10.7. The summed E-state index contributed by atoms with van der Waals surface area (Å²) in [5.41, 5.74) is 3.16. The van der Waals surface area contributed by atoms with E-state index < -0.39 is 11.9 Å². The first-order chi connectivity index (χ1) is 18.9. The fourth-order valence-electron chi connectivity index (χ4n) is 3.74. The number of nitriles is 1. The van der Waals surface area contributed by atoms with Crippen molar-refractivity contribution in [1.29, 1.82) is 5.26 Å². The van der Waals surface area contributed by atoms with Crippen LogP contribution in [-0.4, -0.2) is 30.7 Å². The fraction of sp³-hybridized carbons (Fsp3) is 0.194. The summed E-state index contributed by atoms with van der Waals surface area (Å²) in [5.74, 6) is 0.192. The van der Waals surface area contributed by atoms with Gasteiger partial charge in [-0.1, -0.05) is 30.3 Å². The van der Waals surface area contributed by atoms with E-state index in [1.807, 2.05) is 31.2 Å². The lowest BCUT2D eigenvalue weighted by Crippen LogP contribution is -2.23. The van der Waals surface area contributed by atoms with Gasteiger partial charge in [-0.3, -0.25) is 4.79 Å². The summed E-state index contributed by atoms with van der Waals surface area (Å²) in [4.78, 5) is 23.9. The molecule has 0 unspecified atom stereocenters. The Morgan fingerprint density at radius 3 is 2.33 bits per heavy atom. The summed E-state index contributed by atoms with van der Waals surface area (Å²) >= 11 is 0. The fourth-order valence-corrected chi connectivity index (χ4v) is 3.74. The first-order valence-corrected chi connectivity index (χ1v) is 12.3. The van der Waals surface area contributed by atoms with Gasteiger partial charge in [0.2, 0.25) is 0 Å². The average molecular weight is 527 g/mol. The summed E-state index contributed by atoms with van der Waals surface area (Å²) < 4.78 is 17.1. The molecule has 1 amide bonds. The first kappa shape index (κ1) is 28.5. The quantitative estimate of drug-likeness (QED) is 0.176. The Kier molecular flexibility index (Phi) is 10.3. The highest BCUT2D eigenvalue weighted by Gasteiger charge is 2.16. The lowest BCUT2D eigenvalue weighted by Gasteiger charge is -2.17. The minimum Gasteiger partial charge on any atom is -0.497 e. The number of amides is 1. The van der Waals surface area contributed by atoms with E-state index in [1.165, 1.54) is 18.2 Å². The van der Waals surface area contributed by atoms with Crippen molar-refractivity contribution in [3.63, 3.8) is 0 Å². The van der Waals surface area contributed by atoms with Crippen molar-refractivity contribution < 1.29 is 28.9 Å². The highest BCUT2D eigenvalue weighted by molar-refractivity contribution is 6.01. The Morgan fingerprint density at radius 2 is 1.74 bits per heavy atom. The van der Waals surface area contributed by atoms with Crippen molar-refractivity contribution in [2.45, 2.75) is 26.5 Å². The Hall–Kier alpha value is -5.03. The minimum atomic E-state index is -0.996. The van der Waals surface area contributed by atoms with Crippen LogP contribution in [-0.2, 0) is 24.4 Å². The molecule has 200 valence electrons. The molecule has 0 spiro atoms. The van der Waals surface area contributed by atoms with E-state index in [1.54, 1.807) is 43.5 Å². The molecular formula is C31H30N2O6. The number of nitrogens with zero attached hydrogens (tertiary/aromatic N) is 1. The number of rotatable bonds is 13. The van der Waals surface area contributed by atoms with Gasteiger partial charge in [0.25, 0.3) is 5.91 Å². The molecule has 0 aliphatic heterocycles. The van der Waals surface area contributed by atoms with E-state index in [9.17, 15) is 14.9 Å². The molecule has 0 aliphatic carbocycles. The maximum Gasteiger partial charge on any atom is 0.335 e. The largest absolute Gasteiger partial charge is 0.497 e. The van der Waals surface area contributed by atoms with Gasteiger partial charge in [-0.25, -0.2) is 4.79 Å². The predicted octanol–water partition coefficient (Wildman–Crippen LogP) is 5.32. The molecule has 0 fully saturated rings. The number of methoxy groups -OCH3 is 1. The standard InChI is InChI=1S/C31H30N2O6/c1-4-6-25-15-23(16-26(18-32)30(34)33-19-21-9-13-27(37-3)14-10-21)17-28(38-5-2)29(25)39-20-22-7-11-24(12-8-22)31(35)36/h4,7-17H,1,5-6,19-20H2,2-3H3,(H,33,34)(H,35,36)/b26-16-. The van der Waals surface area contributed by atoms with E-state index >= 15 is 0 Å². The number of nitrogens with one attached hydrogen (secondary N) is 1. The van der Waals surface area contributed by atoms with E-state index in [2.05, 4.69) is 11.9 Å². The van der Waals surface area contributed by atoms with Crippen LogP contribution in [0.1, 0.15) is 39.5 Å². The van der Waals surface area contributed by atoms with Gasteiger partial charge >= 0.3 is 5.97 Å². The number of ether oxygens (including phenoxy) is 3. The zero-order valence-electron chi connectivity index (χ0n) is 21.9. The van der Waals surface area contributed by atoms with Crippen LogP contribution in [0, 0.1) is 11.3 Å². The Balaban J connectivity index is 1.83. The van der Waals surface area contributed by atoms with Crippen LogP contribution in [0.3, 0.4) is 0 Å². The number of hydrogen-bond acceptors (Lipinski definition) is 6. The van der Waals surface area contributed by atoms with Crippen LogP contribution in [0.4, 0.5) is 0 Å². The molecule has 3 rings (SSSR count). The molecule has 0 saturated carbocycles. The zero-order chi connectivity index (χ0) is 28.2. The molecule has 0 saturated heterocycles. The van der Waals surface area contributed by atoms with Crippen molar-refractivity contribution in [1.82, 2.24) is 5.32 Å². The van der Waals surface area contributed by atoms with Crippen molar-refractivity contribution >= 4 is 18.0 Å². The number of hydrogen-bond donors (Lipinski definition) is 2. The molecule has 39 heavy (non-hydrogen) atoms. The van der Waals surface area contributed by atoms with E-state index in [-0.39, 0.29) is 24.3 Å². The molecule has 8 heteroatoms. The van der Waals surface area contributed by atoms with Gasteiger partial charge < -0.3 is 24.6 Å². The lowest BCUT2D eigenvalue weighted by atomic mass is 10.0. The lowest BCUT2D eigenvalue weighted by molar-refractivity contribution is -0.117. The number of carboxylic acid groups (broad SMARTS) is 1. The van der Waals surface area contributed by atoms with Crippen molar-refractivity contribution in [3.8, 4) is 23.3 Å². The average Bonchev–Trinajstić information content (AvgIpc) is 2.95. The second-order valence-corrected chi connectivity index (χ2v) is 8.42. The van der Waals surface area contributed by atoms with Crippen molar-refractivity contribution in [2.75, 3.05) is 13.7 Å². The van der Waals surface area contributed by atoms with Crippen LogP contribution in [0.15, 0.2) is 78.9 Å². The number of carboxylic acids is 1. The molecule has 0 aliphatic rings. The van der Waals surface area contributed by atoms with Crippen LogP contribution >= 0.6 is 0 Å². The monoisotopic (exact) mass is 526 g/mol. The third-order valence-corrected chi connectivity index (χ3v) is 5.69. The van der Waals surface area contributed by atoms with E-state index in [0.717, 1.165) is 16.7 Å². The molecule has 0 heterocycles. The van der Waals surface area contributed by atoms with Crippen LogP contribution in [0.2, 0.25) is 0 Å². The molecular weight excluding hydrogens is 496 g/mol. The first-order valence-electron chi connectivity index (χ1n) is 12.3. The summed E-state index contributed by atoms with van der Waals surface area (Å²) in [5, 5.41) is 21.6. The number of benzene rings is 3. The smallest absolute Gasteiger partial charge is 0.335 e. The van der Waals surface area contributed by atoms with Gasteiger partial charge in [-0.2, -0.15) is 5.26 Å². The second-order valence-electron chi connectivity index (χ2n) is 8.42. The van der Waals surface area contributed by atoms with E-state index in [0.29, 0.717) is 35.8 Å². The SMILES string of the molecule is C=CCc1cc(/C=C(/C#N)C(=O)NCc2ccc(OC)cc2)cc(OCC)c1OCc1ccc(C(=O)O)cc1. The molecule has 0 bridgehead atoms. The van der Waals surface area contributed by atoms with Gasteiger partial charge in [0.15, 0.2) is 11.5 Å². The Labute approximate surface area is 227 Å². The highest BCUT2D eigenvalue weighted by Crippen LogP contribution is 2.35. The number of carbonyl (C=O) groups is 2. The molecule has 3 aromatic rings. The highest BCUT2D eigenvalue weighted by atomic mass is 16.5. The van der Waals surface area contributed by atoms with Crippen molar-refractivity contribution in [3.05, 3.63) is 107 Å². The van der Waals surface area contributed by atoms with Crippen molar-refractivity contribution in [2.24, 2.45) is 0 Å². The van der Waals surface area contributed by atoms with Gasteiger partial charge in [-0.05, 0) is 72.5 Å². The maximum absolute atomic E-state index is 12.8. The van der Waals surface area contributed by atoms with Gasteiger partial charge in [0, 0.05) is 12.1 Å². The molecule has 0 aromatic heterocycles. The second kappa shape index (κ2) is 14.1. The van der Waals surface area contributed by atoms with Gasteiger partial charge in [0.1, 0.15) is 24.0 Å². The van der Waals surface area contributed by atoms with Crippen LogP contribution in [0.25, 0.3) is 6.08 Å². The van der Waals surface area contributed by atoms with Gasteiger partial charge in [0.05, 0.1) is 19.3 Å². The summed E-state index contributed by atoms with van der Waals surface area (Å²) in [6, 6.07) is 19.2. The summed E-state index contributed by atoms with van der Waals surface area (Å²) in [7, 11) is 1.58. The Bertz CT molecular complexity index is 1390. The molecule has 0 atom stereocenters.